The van der Waals surface area contributed by atoms with E-state index in [2.05, 4.69) is 4.72 Å². The molecule has 8 nitrogen and oxygen atoms in total. The number of piperidine rings is 1. The molecule has 4 rings (SSSR count). The van der Waals surface area contributed by atoms with Crippen molar-refractivity contribution < 1.29 is 22.0 Å². The molecule has 0 spiro atoms. The lowest BCUT2D eigenvalue weighted by Crippen LogP contribution is -2.46. The van der Waals surface area contributed by atoms with Gasteiger partial charge < -0.3 is 13.7 Å². The van der Waals surface area contributed by atoms with Crippen LogP contribution in [0.25, 0.3) is 11.0 Å². The first-order valence-corrected chi connectivity index (χ1v) is 10.3. The number of hydrogen-bond donors (Lipinski definition) is 1. The molecule has 0 atom stereocenters. The summed E-state index contributed by atoms with van der Waals surface area (Å²) in [4.78, 5) is 25.3. The van der Waals surface area contributed by atoms with Crippen molar-refractivity contribution in [2.24, 2.45) is 0 Å². The molecule has 0 unspecified atom stereocenters. The highest BCUT2D eigenvalue weighted by atomic mass is 32.2. The molecule has 0 aliphatic carbocycles. The number of furan rings is 1. The Hall–Kier alpha value is -2.91. The Balaban J connectivity index is 1.43. The number of hydrogen-bond acceptors (Lipinski definition) is 6. The summed E-state index contributed by atoms with van der Waals surface area (Å²) >= 11 is 0. The van der Waals surface area contributed by atoms with Crippen LogP contribution in [0.1, 0.15) is 23.4 Å². The molecule has 1 aromatic carbocycles. The number of nitrogens with one attached hydrogen (secondary N) is 1. The van der Waals surface area contributed by atoms with Crippen LogP contribution >= 0.6 is 0 Å². The highest BCUT2D eigenvalue weighted by Gasteiger charge is 2.28. The average Bonchev–Trinajstić information content (AvgIpc) is 3.22. The monoisotopic (exact) mass is 402 g/mol. The molecule has 1 N–H and O–H groups in total. The van der Waals surface area contributed by atoms with Crippen LogP contribution in [0, 0.1) is 0 Å². The molecule has 3 aromatic rings. The van der Waals surface area contributed by atoms with Crippen molar-refractivity contribution in [3.63, 3.8) is 0 Å². The van der Waals surface area contributed by atoms with Crippen molar-refractivity contribution in [2.75, 3.05) is 13.1 Å². The first-order valence-electron chi connectivity index (χ1n) is 8.81. The fourth-order valence-electron chi connectivity index (χ4n) is 3.26. The maximum Gasteiger partial charge on any atom is 0.336 e. The van der Waals surface area contributed by atoms with Gasteiger partial charge in [0.15, 0.2) is 5.76 Å². The van der Waals surface area contributed by atoms with E-state index in [9.17, 15) is 18.0 Å². The zero-order valence-corrected chi connectivity index (χ0v) is 15.6. The van der Waals surface area contributed by atoms with Crippen LogP contribution in [0.5, 0.6) is 0 Å². The molecule has 1 fully saturated rings. The average molecular weight is 402 g/mol. The summed E-state index contributed by atoms with van der Waals surface area (Å²) in [6.45, 7) is 0.880. The number of carbonyl (C=O) groups is 1. The quantitative estimate of drug-likeness (QED) is 0.668. The standard InChI is InChI=1S/C19H18N2O6S/c22-18-6-3-13-12-15(4-5-16(13)27-18)28(24,25)20-14-7-9-21(10-8-14)19(23)17-2-1-11-26-17/h1-6,11-12,14,20H,7-10H2. The van der Waals surface area contributed by atoms with Gasteiger partial charge in [0.1, 0.15) is 5.58 Å². The van der Waals surface area contributed by atoms with E-state index in [-0.39, 0.29) is 22.6 Å². The summed E-state index contributed by atoms with van der Waals surface area (Å²) in [6, 6.07) is 10.1. The van der Waals surface area contributed by atoms with Gasteiger partial charge in [-0.15, -0.1) is 0 Å². The molecule has 1 saturated heterocycles. The van der Waals surface area contributed by atoms with Crippen molar-refractivity contribution in [3.8, 4) is 0 Å². The van der Waals surface area contributed by atoms with Gasteiger partial charge in [-0.3, -0.25) is 4.79 Å². The first-order chi connectivity index (χ1) is 13.4. The molecule has 0 saturated carbocycles. The Labute approximate surface area is 160 Å². The predicted molar refractivity (Wildman–Crippen MR) is 100 cm³/mol. The third-order valence-electron chi connectivity index (χ3n) is 4.74. The van der Waals surface area contributed by atoms with E-state index in [4.69, 9.17) is 8.83 Å². The van der Waals surface area contributed by atoms with Gasteiger partial charge in [-0.05, 0) is 49.2 Å². The summed E-state index contributed by atoms with van der Waals surface area (Å²) in [5.41, 5.74) is -0.159. The van der Waals surface area contributed by atoms with Crippen molar-refractivity contribution in [3.05, 3.63) is 64.9 Å². The van der Waals surface area contributed by atoms with Crippen molar-refractivity contribution >= 4 is 26.9 Å². The zero-order chi connectivity index (χ0) is 19.7. The fourth-order valence-corrected chi connectivity index (χ4v) is 4.60. The van der Waals surface area contributed by atoms with Gasteiger partial charge in [-0.1, -0.05) is 0 Å². The highest BCUT2D eigenvalue weighted by molar-refractivity contribution is 7.89. The number of amides is 1. The number of benzene rings is 1. The van der Waals surface area contributed by atoms with E-state index in [0.717, 1.165) is 0 Å². The number of sulfonamides is 1. The number of rotatable bonds is 4. The second-order valence-corrected chi connectivity index (χ2v) is 8.33. The number of nitrogens with zero attached hydrogens (tertiary/aromatic N) is 1. The molecule has 0 bridgehead atoms. The fraction of sp³-hybridized carbons (Fsp3) is 0.263. The van der Waals surface area contributed by atoms with Gasteiger partial charge in [-0.2, -0.15) is 0 Å². The molecule has 1 aliphatic heterocycles. The molecule has 2 aromatic heterocycles. The van der Waals surface area contributed by atoms with Gasteiger partial charge in [-0.25, -0.2) is 17.9 Å². The maximum atomic E-state index is 12.7. The Bertz CT molecular complexity index is 1160. The summed E-state index contributed by atoms with van der Waals surface area (Å²) in [6.07, 6.45) is 2.46. The predicted octanol–water partition coefficient (Wildman–Crippen LogP) is 1.97. The molecule has 146 valence electrons. The lowest BCUT2D eigenvalue weighted by molar-refractivity contribution is 0.0679. The van der Waals surface area contributed by atoms with Crippen LogP contribution in [0.15, 0.2) is 67.3 Å². The Kier molecular flexibility index (Phi) is 4.78. The van der Waals surface area contributed by atoms with Gasteiger partial charge in [0.2, 0.25) is 10.0 Å². The summed E-state index contributed by atoms with van der Waals surface area (Å²) in [7, 11) is -3.73. The van der Waals surface area contributed by atoms with Gasteiger partial charge in [0.25, 0.3) is 5.91 Å². The van der Waals surface area contributed by atoms with Crippen LogP contribution in [0.3, 0.4) is 0 Å². The minimum atomic E-state index is -3.73. The molecule has 28 heavy (non-hydrogen) atoms. The van der Waals surface area contributed by atoms with E-state index in [1.54, 1.807) is 17.0 Å². The van der Waals surface area contributed by atoms with Gasteiger partial charge >= 0.3 is 5.63 Å². The number of likely N-dealkylation sites (tertiary alicyclic amines) is 1. The minimum absolute atomic E-state index is 0.0999. The van der Waals surface area contributed by atoms with E-state index >= 15 is 0 Å². The van der Waals surface area contributed by atoms with E-state index in [0.29, 0.717) is 36.9 Å². The highest BCUT2D eigenvalue weighted by Crippen LogP contribution is 2.20. The molecular weight excluding hydrogens is 384 g/mol. The molecule has 3 heterocycles. The van der Waals surface area contributed by atoms with Crippen LogP contribution in [-0.4, -0.2) is 38.4 Å². The maximum absolute atomic E-state index is 12.7. The normalized spacial score (nSPS) is 15.8. The second-order valence-electron chi connectivity index (χ2n) is 6.62. The molecule has 1 amide bonds. The topological polar surface area (TPSA) is 110 Å². The molecule has 9 heteroatoms. The van der Waals surface area contributed by atoms with Gasteiger partial charge in [0.05, 0.1) is 11.2 Å². The summed E-state index contributed by atoms with van der Waals surface area (Å²) < 4.78 is 38.3. The smallest absolute Gasteiger partial charge is 0.336 e. The lowest BCUT2D eigenvalue weighted by Gasteiger charge is -2.31. The second kappa shape index (κ2) is 7.25. The third-order valence-corrected chi connectivity index (χ3v) is 6.26. The molecular formula is C19H18N2O6S. The first kappa shape index (κ1) is 18.5. The SMILES string of the molecule is O=C(c1ccco1)N1CCC(NS(=O)(=O)c2ccc3oc(=O)ccc3c2)CC1. The zero-order valence-electron chi connectivity index (χ0n) is 14.8. The number of fused-ring (bicyclic) bond motifs is 1. The van der Waals surface area contributed by atoms with Crippen LogP contribution in [0.4, 0.5) is 0 Å². The van der Waals surface area contributed by atoms with Crippen molar-refractivity contribution in [2.45, 2.75) is 23.8 Å². The Morgan fingerprint density at radius 1 is 1.11 bits per heavy atom. The minimum Gasteiger partial charge on any atom is -0.459 e. The molecule has 1 aliphatic rings. The van der Waals surface area contributed by atoms with E-state index in [1.807, 2.05) is 0 Å². The van der Waals surface area contributed by atoms with Crippen LogP contribution < -0.4 is 10.3 Å². The Morgan fingerprint density at radius 3 is 2.61 bits per heavy atom. The van der Waals surface area contributed by atoms with Crippen LogP contribution in [-0.2, 0) is 10.0 Å². The summed E-state index contributed by atoms with van der Waals surface area (Å²) in [5, 5.41) is 0.529. The lowest BCUT2D eigenvalue weighted by atomic mass is 10.1. The Morgan fingerprint density at radius 2 is 1.89 bits per heavy atom. The largest absolute Gasteiger partial charge is 0.459 e. The van der Waals surface area contributed by atoms with Crippen molar-refractivity contribution in [1.82, 2.24) is 9.62 Å². The van der Waals surface area contributed by atoms with E-state index < -0.39 is 15.6 Å². The van der Waals surface area contributed by atoms with Crippen molar-refractivity contribution in [1.29, 1.82) is 0 Å². The number of carbonyl (C=O) groups excluding carboxylic acids is 1. The van der Waals surface area contributed by atoms with E-state index in [1.165, 1.54) is 36.6 Å². The van der Waals surface area contributed by atoms with Gasteiger partial charge in [0, 0.05) is 30.6 Å². The van der Waals surface area contributed by atoms with Crippen LogP contribution in [0.2, 0.25) is 0 Å². The summed E-state index contributed by atoms with van der Waals surface area (Å²) in [5.74, 6) is 0.0872. The molecule has 0 radical (unpaired) electrons. The third kappa shape index (κ3) is 3.71.